The van der Waals surface area contributed by atoms with Gasteiger partial charge in [-0.3, -0.25) is 9.36 Å². The van der Waals surface area contributed by atoms with Crippen molar-refractivity contribution in [3.05, 3.63) is 20.8 Å². The van der Waals surface area contributed by atoms with Crippen molar-refractivity contribution in [2.24, 2.45) is 0 Å². The van der Waals surface area contributed by atoms with E-state index in [4.69, 9.17) is 4.74 Å². The van der Waals surface area contributed by atoms with Gasteiger partial charge < -0.3 is 4.74 Å². The molecule has 0 aliphatic carbocycles. The third kappa shape index (κ3) is 1.15. The molecule has 2 aromatic heterocycles. The fourth-order valence-corrected chi connectivity index (χ4v) is 3.29. The van der Waals surface area contributed by atoms with Gasteiger partial charge in [0.15, 0.2) is 0 Å². The monoisotopic (exact) mass is 236 g/mol. The predicted molar refractivity (Wildman–Crippen MR) is 63.5 cm³/mol. The number of ether oxygens (including phenoxy) is 1. The smallest absolute Gasteiger partial charge is 0.300 e. The van der Waals surface area contributed by atoms with Gasteiger partial charge in [0.1, 0.15) is 11.4 Å². The second-order valence-electron chi connectivity index (χ2n) is 3.87. The number of hydrogen-bond acceptors (Lipinski definition) is 4. The fraction of sp³-hybridized carbons (Fsp3) is 0.455. The quantitative estimate of drug-likeness (QED) is 0.757. The molecular weight excluding hydrogens is 224 g/mol. The fourth-order valence-electron chi connectivity index (χ4n) is 2.19. The van der Waals surface area contributed by atoms with Crippen LogP contribution in [-0.4, -0.2) is 16.2 Å². The lowest BCUT2D eigenvalue weighted by Gasteiger charge is -2.00. The Morgan fingerprint density at radius 3 is 3.12 bits per heavy atom. The van der Waals surface area contributed by atoms with Crippen molar-refractivity contribution >= 4 is 21.6 Å². The van der Waals surface area contributed by atoms with Crippen LogP contribution in [0.2, 0.25) is 0 Å². The zero-order chi connectivity index (χ0) is 11.3. The SMILES string of the molecule is CCc1c(C)sc2nc3n(c(=O)c12)CCO3. The molecule has 4 nitrogen and oxygen atoms in total. The summed E-state index contributed by atoms with van der Waals surface area (Å²) in [7, 11) is 0. The average Bonchev–Trinajstić information content (AvgIpc) is 2.82. The summed E-state index contributed by atoms with van der Waals surface area (Å²) >= 11 is 1.58. The van der Waals surface area contributed by atoms with Crippen LogP contribution in [0.3, 0.4) is 0 Å². The molecule has 0 atom stereocenters. The summed E-state index contributed by atoms with van der Waals surface area (Å²) in [6.07, 6.45) is 0.878. The van der Waals surface area contributed by atoms with Crippen molar-refractivity contribution in [1.29, 1.82) is 0 Å². The first-order valence-corrected chi connectivity index (χ1v) is 6.19. The third-order valence-electron chi connectivity index (χ3n) is 2.98. The highest BCUT2D eigenvalue weighted by molar-refractivity contribution is 7.18. The van der Waals surface area contributed by atoms with E-state index in [1.54, 1.807) is 15.9 Å². The molecule has 0 bridgehead atoms. The molecular formula is C11H12N2O2S. The van der Waals surface area contributed by atoms with E-state index in [9.17, 15) is 4.79 Å². The highest BCUT2D eigenvalue weighted by Crippen LogP contribution is 2.29. The minimum Gasteiger partial charge on any atom is -0.463 e. The van der Waals surface area contributed by atoms with Crippen LogP contribution in [0.25, 0.3) is 10.2 Å². The first-order valence-electron chi connectivity index (χ1n) is 5.38. The molecule has 3 heterocycles. The Hall–Kier alpha value is -1.36. The van der Waals surface area contributed by atoms with Gasteiger partial charge in [-0.1, -0.05) is 6.92 Å². The topological polar surface area (TPSA) is 44.1 Å². The van der Waals surface area contributed by atoms with Crippen LogP contribution in [0, 0.1) is 6.92 Å². The Morgan fingerprint density at radius 2 is 2.38 bits per heavy atom. The molecule has 0 saturated carbocycles. The molecule has 1 aliphatic heterocycles. The lowest BCUT2D eigenvalue weighted by Crippen LogP contribution is -2.18. The van der Waals surface area contributed by atoms with E-state index in [0.717, 1.165) is 22.2 Å². The van der Waals surface area contributed by atoms with Crippen LogP contribution < -0.4 is 10.3 Å². The number of rotatable bonds is 1. The van der Waals surface area contributed by atoms with E-state index in [1.165, 1.54) is 4.88 Å². The maximum absolute atomic E-state index is 12.3. The molecule has 16 heavy (non-hydrogen) atoms. The number of nitrogens with zero attached hydrogens (tertiary/aromatic N) is 2. The first kappa shape index (κ1) is 9.84. The van der Waals surface area contributed by atoms with Crippen molar-refractivity contribution in [3.63, 3.8) is 0 Å². The van der Waals surface area contributed by atoms with Crippen molar-refractivity contribution in [2.45, 2.75) is 26.8 Å². The molecule has 0 aromatic carbocycles. The lowest BCUT2D eigenvalue weighted by molar-refractivity contribution is 0.345. The van der Waals surface area contributed by atoms with Gasteiger partial charge >= 0.3 is 6.01 Å². The highest BCUT2D eigenvalue weighted by Gasteiger charge is 2.21. The van der Waals surface area contributed by atoms with Crippen LogP contribution in [0.1, 0.15) is 17.4 Å². The standard InChI is InChI=1S/C11H12N2O2S/c1-3-7-6(2)16-9-8(7)10(14)13-4-5-15-11(13)12-9/h3-5H2,1-2H3. The first-order chi connectivity index (χ1) is 7.72. The van der Waals surface area contributed by atoms with Crippen LogP contribution in [0.4, 0.5) is 0 Å². The summed E-state index contributed by atoms with van der Waals surface area (Å²) in [6, 6.07) is 0.474. The van der Waals surface area contributed by atoms with Crippen LogP contribution in [0.15, 0.2) is 4.79 Å². The van der Waals surface area contributed by atoms with E-state index in [-0.39, 0.29) is 5.56 Å². The Labute approximate surface area is 96.5 Å². The number of aromatic nitrogens is 2. The number of aryl methyl sites for hydroxylation is 2. The van der Waals surface area contributed by atoms with Crippen LogP contribution in [0.5, 0.6) is 6.01 Å². The third-order valence-corrected chi connectivity index (χ3v) is 4.02. The Kier molecular flexibility index (Phi) is 2.04. The van der Waals surface area contributed by atoms with Gasteiger partial charge in [0.05, 0.1) is 11.9 Å². The van der Waals surface area contributed by atoms with Crippen molar-refractivity contribution in [2.75, 3.05) is 6.61 Å². The minimum atomic E-state index is 0.0544. The van der Waals surface area contributed by atoms with Gasteiger partial charge in [0, 0.05) is 4.88 Å². The molecule has 3 rings (SSSR count). The average molecular weight is 236 g/mol. The Balaban J connectivity index is 2.47. The summed E-state index contributed by atoms with van der Waals surface area (Å²) in [5, 5.41) is 0.791. The molecule has 0 amide bonds. The predicted octanol–water partition coefficient (Wildman–Crippen LogP) is 1.72. The molecule has 0 unspecified atom stereocenters. The van der Waals surface area contributed by atoms with Crippen molar-refractivity contribution in [3.8, 4) is 6.01 Å². The van der Waals surface area contributed by atoms with Gasteiger partial charge in [-0.25, -0.2) is 0 Å². The van der Waals surface area contributed by atoms with Gasteiger partial charge in [0.25, 0.3) is 5.56 Å². The number of thiophene rings is 1. The van der Waals surface area contributed by atoms with Crippen molar-refractivity contribution in [1.82, 2.24) is 9.55 Å². The lowest BCUT2D eigenvalue weighted by atomic mass is 10.1. The summed E-state index contributed by atoms with van der Waals surface area (Å²) < 4.78 is 6.96. The second-order valence-corrected chi connectivity index (χ2v) is 5.07. The molecule has 0 radical (unpaired) electrons. The molecule has 84 valence electrons. The largest absolute Gasteiger partial charge is 0.463 e. The van der Waals surface area contributed by atoms with Gasteiger partial charge in [-0.2, -0.15) is 4.98 Å². The maximum Gasteiger partial charge on any atom is 0.300 e. The van der Waals surface area contributed by atoms with Gasteiger partial charge in [0.2, 0.25) is 0 Å². The molecule has 2 aromatic rings. The maximum atomic E-state index is 12.3. The zero-order valence-corrected chi connectivity index (χ0v) is 10.1. The molecule has 0 spiro atoms. The van der Waals surface area contributed by atoms with E-state index in [0.29, 0.717) is 19.2 Å². The van der Waals surface area contributed by atoms with Crippen LogP contribution >= 0.6 is 11.3 Å². The molecule has 5 heteroatoms. The van der Waals surface area contributed by atoms with E-state index >= 15 is 0 Å². The molecule has 0 saturated heterocycles. The van der Waals surface area contributed by atoms with Crippen molar-refractivity contribution < 1.29 is 4.74 Å². The van der Waals surface area contributed by atoms with Crippen LogP contribution in [-0.2, 0) is 13.0 Å². The van der Waals surface area contributed by atoms with Gasteiger partial charge in [-0.05, 0) is 18.9 Å². The van der Waals surface area contributed by atoms with E-state index in [1.807, 2.05) is 6.92 Å². The summed E-state index contributed by atoms with van der Waals surface area (Å²) in [6.45, 7) is 5.29. The molecule has 0 fully saturated rings. The Bertz CT molecular complexity index is 627. The zero-order valence-electron chi connectivity index (χ0n) is 9.24. The van der Waals surface area contributed by atoms with Gasteiger partial charge in [-0.15, -0.1) is 11.3 Å². The minimum absolute atomic E-state index is 0.0544. The molecule has 1 aliphatic rings. The Morgan fingerprint density at radius 1 is 1.56 bits per heavy atom. The number of fused-ring (bicyclic) bond motifs is 2. The van der Waals surface area contributed by atoms with E-state index < -0.39 is 0 Å². The second kappa shape index (κ2) is 3.31. The van der Waals surface area contributed by atoms with E-state index in [2.05, 4.69) is 11.9 Å². The summed E-state index contributed by atoms with van der Waals surface area (Å²) in [5.74, 6) is 0. The molecule has 0 N–H and O–H groups in total. The summed E-state index contributed by atoms with van der Waals surface area (Å²) in [4.78, 5) is 18.7. The summed E-state index contributed by atoms with van der Waals surface area (Å²) in [5.41, 5.74) is 1.19. The number of hydrogen-bond donors (Lipinski definition) is 0. The normalized spacial score (nSPS) is 14.1. The highest BCUT2D eigenvalue weighted by atomic mass is 32.1.